The molecule has 7 heteroatoms. The first-order valence-corrected chi connectivity index (χ1v) is 12.6. The number of benzene rings is 3. The molecule has 3 rings (SSSR count). The minimum absolute atomic E-state index is 0.154. The van der Waals surface area contributed by atoms with Crippen molar-refractivity contribution in [2.75, 3.05) is 18.5 Å². The average molecular weight is 522 g/mol. The Morgan fingerprint density at radius 2 is 1.67 bits per heavy atom. The highest BCUT2D eigenvalue weighted by atomic mass is 79.9. The number of nitrogens with zero attached hydrogens (tertiary/aromatic N) is 3. The molecule has 3 aromatic carbocycles. The van der Waals surface area contributed by atoms with Crippen molar-refractivity contribution in [3.8, 4) is 6.07 Å². The highest BCUT2D eigenvalue weighted by Gasteiger charge is 2.14. The lowest BCUT2D eigenvalue weighted by Crippen LogP contribution is -2.17. The fraction of sp³-hybridized carbons (Fsp3) is 0.154. The Hall–Kier alpha value is -3.21. The number of hydrogen-bond donors (Lipinski definition) is 0. The van der Waals surface area contributed by atoms with Crippen LogP contribution in [0.15, 0.2) is 92.6 Å². The molecule has 0 bridgehead atoms. The van der Waals surface area contributed by atoms with Crippen LogP contribution in [0.25, 0.3) is 6.08 Å². The van der Waals surface area contributed by atoms with Gasteiger partial charge in [0.1, 0.15) is 0 Å². The molecule has 0 unspecified atom stereocenters. The van der Waals surface area contributed by atoms with Crippen LogP contribution in [0.5, 0.6) is 0 Å². The number of aryl methyl sites for hydroxylation is 1. The Morgan fingerprint density at radius 1 is 1.03 bits per heavy atom. The van der Waals surface area contributed by atoms with Gasteiger partial charge in [0.05, 0.1) is 23.1 Å². The van der Waals surface area contributed by atoms with Gasteiger partial charge >= 0.3 is 0 Å². The summed E-state index contributed by atoms with van der Waals surface area (Å²) in [6.45, 7) is 2.56. The molecule has 0 fully saturated rings. The van der Waals surface area contributed by atoms with Gasteiger partial charge in [0, 0.05) is 29.3 Å². The molecular weight excluding hydrogens is 498 g/mol. The van der Waals surface area contributed by atoms with Gasteiger partial charge in [-0.2, -0.15) is 18.1 Å². The maximum Gasteiger partial charge on any atom is 0.282 e. The Labute approximate surface area is 203 Å². The van der Waals surface area contributed by atoms with Crippen molar-refractivity contribution in [1.82, 2.24) is 0 Å². The molecule has 0 heterocycles. The Morgan fingerprint density at radius 3 is 2.27 bits per heavy atom. The van der Waals surface area contributed by atoms with Gasteiger partial charge in [-0.3, -0.25) is 0 Å². The van der Waals surface area contributed by atoms with Gasteiger partial charge in [0.25, 0.3) is 10.0 Å². The second-order valence-electron chi connectivity index (χ2n) is 7.53. The quantitative estimate of drug-likeness (QED) is 0.340. The van der Waals surface area contributed by atoms with Crippen molar-refractivity contribution >= 4 is 43.4 Å². The number of halogens is 1. The number of anilines is 1. The zero-order valence-electron chi connectivity index (χ0n) is 18.4. The maximum atomic E-state index is 13.0. The first kappa shape index (κ1) is 24.4. The Kier molecular flexibility index (Phi) is 8.21. The molecular formula is C26H24BrN3O2S. The van der Waals surface area contributed by atoms with E-state index in [1.807, 2.05) is 73.5 Å². The normalized spacial score (nSPS) is 12.0. The minimum Gasteiger partial charge on any atom is -0.374 e. The number of nitriles is 1. The smallest absolute Gasteiger partial charge is 0.282 e. The van der Waals surface area contributed by atoms with Crippen molar-refractivity contribution in [3.05, 3.63) is 100 Å². The number of hydrogen-bond acceptors (Lipinski definition) is 4. The van der Waals surface area contributed by atoms with Crippen molar-refractivity contribution in [2.24, 2.45) is 4.40 Å². The van der Waals surface area contributed by atoms with Gasteiger partial charge in [0.15, 0.2) is 0 Å². The molecule has 0 amide bonds. The molecule has 0 saturated carbocycles. The van der Waals surface area contributed by atoms with Crippen LogP contribution in [0.3, 0.4) is 0 Å². The predicted molar refractivity (Wildman–Crippen MR) is 138 cm³/mol. The minimum atomic E-state index is -3.87. The van der Waals surface area contributed by atoms with E-state index in [1.165, 1.54) is 0 Å². The molecule has 0 spiro atoms. The molecule has 5 nitrogen and oxygen atoms in total. The summed E-state index contributed by atoms with van der Waals surface area (Å²) in [7, 11) is -1.93. The fourth-order valence-corrected chi connectivity index (χ4v) is 4.33. The Bertz CT molecular complexity index is 1290. The van der Waals surface area contributed by atoms with Gasteiger partial charge in [-0.15, -0.1) is 0 Å². The molecule has 0 saturated heterocycles. The maximum absolute atomic E-state index is 13.0. The second kappa shape index (κ2) is 11.1. The summed E-state index contributed by atoms with van der Waals surface area (Å²) in [5, 5.41) is 8.76. The molecule has 0 aromatic heterocycles. The van der Waals surface area contributed by atoms with E-state index in [0.717, 1.165) is 21.3 Å². The SMILES string of the molecule is Cc1ccc(S(=O)(=O)N=C(/C=C/c2ccc(N(C)CCC#N)cc2)c2ccc(Br)cc2)cc1. The summed E-state index contributed by atoms with van der Waals surface area (Å²) in [5.74, 6) is 0. The lowest BCUT2D eigenvalue weighted by molar-refractivity contribution is 0.598. The first-order chi connectivity index (χ1) is 15.8. The van der Waals surface area contributed by atoms with E-state index in [2.05, 4.69) is 26.4 Å². The van der Waals surface area contributed by atoms with Crippen LogP contribution in [0.4, 0.5) is 5.69 Å². The number of sulfonamides is 1. The van der Waals surface area contributed by atoms with E-state index in [-0.39, 0.29) is 4.90 Å². The molecule has 0 aliphatic rings. The lowest BCUT2D eigenvalue weighted by Gasteiger charge is -2.17. The summed E-state index contributed by atoms with van der Waals surface area (Å²) in [4.78, 5) is 2.17. The van der Waals surface area contributed by atoms with Crippen LogP contribution in [0.2, 0.25) is 0 Å². The van der Waals surface area contributed by atoms with E-state index < -0.39 is 10.0 Å². The van der Waals surface area contributed by atoms with E-state index in [4.69, 9.17) is 5.26 Å². The summed E-state index contributed by atoms with van der Waals surface area (Å²) in [5.41, 5.74) is 3.93. The summed E-state index contributed by atoms with van der Waals surface area (Å²) >= 11 is 3.41. The van der Waals surface area contributed by atoms with Crippen molar-refractivity contribution in [3.63, 3.8) is 0 Å². The topological polar surface area (TPSA) is 73.5 Å². The van der Waals surface area contributed by atoms with Crippen molar-refractivity contribution in [1.29, 1.82) is 5.26 Å². The van der Waals surface area contributed by atoms with Crippen LogP contribution < -0.4 is 4.90 Å². The van der Waals surface area contributed by atoms with Crippen LogP contribution in [0, 0.1) is 18.3 Å². The van der Waals surface area contributed by atoms with Crippen LogP contribution in [-0.2, 0) is 10.0 Å². The molecule has 0 N–H and O–H groups in total. The zero-order valence-corrected chi connectivity index (χ0v) is 20.8. The van der Waals surface area contributed by atoms with E-state index in [9.17, 15) is 8.42 Å². The van der Waals surface area contributed by atoms with Crippen LogP contribution in [0.1, 0.15) is 23.1 Å². The van der Waals surface area contributed by atoms with Gasteiger partial charge in [-0.1, -0.05) is 64.0 Å². The summed E-state index contributed by atoms with van der Waals surface area (Å²) in [6.07, 6.45) is 4.01. The first-order valence-electron chi connectivity index (χ1n) is 10.3. The van der Waals surface area contributed by atoms with Crippen molar-refractivity contribution in [2.45, 2.75) is 18.2 Å². The predicted octanol–water partition coefficient (Wildman–Crippen LogP) is 6.00. The lowest BCUT2D eigenvalue weighted by atomic mass is 10.1. The molecule has 168 valence electrons. The third kappa shape index (κ3) is 6.88. The molecule has 33 heavy (non-hydrogen) atoms. The van der Waals surface area contributed by atoms with Crippen LogP contribution >= 0.6 is 15.9 Å². The molecule has 0 radical (unpaired) electrons. The molecule has 3 aromatic rings. The fourth-order valence-electron chi connectivity index (χ4n) is 3.05. The average Bonchev–Trinajstić information content (AvgIpc) is 2.81. The van der Waals surface area contributed by atoms with Gasteiger partial charge in [-0.25, -0.2) is 0 Å². The standard InChI is InChI=1S/C26H24BrN3O2S/c1-20-4-15-25(16-5-20)33(31,32)29-26(22-9-11-23(27)12-10-22)17-8-21-6-13-24(14-7-21)30(2)19-3-18-28/h4-17H,3,19H2,1-2H3/b17-8+,29-26?. The summed E-state index contributed by atoms with van der Waals surface area (Å²) in [6, 6.07) is 24.0. The third-order valence-electron chi connectivity index (χ3n) is 5.00. The van der Waals surface area contributed by atoms with Gasteiger partial charge in [0.2, 0.25) is 0 Å². The highest BCUT2D eigenvalue weighted by Crippen LogP contribution is 2.19. The third-order valence-corrected chi connectivity index (χ3v) is 6.84. The van der Waals surface area contributed by atoms with Gasteiger partial charge < -0.3 is 4.90 Å². The Balaban J connectivity index is 1.93. The monoisotopic (exact) mass is 521 g/mol. The molecule has 0 aliphatic heterocycles. The van der Waals surface area contributed by atoms with E-state index >= 15 is 0 Å². The highest BCUT2D eigenvalue weighted by molar-refractivity contribution is 9.10. The number of rotatable bonds is 8. The van der Waals surface area contributed by atoms with E-state index in [0.29, 0.717) is 24.2 Å². The summed E-state index contributed by atoms with van der Waals surface area (Å²) < 4.78 is 31.0. The largest absolute Gasteiger partial charge is 0.374 e. The molecule has 0 aliphatic carbocycles. The van der Waals surface area contributed by atoms with E-state index in [1.54, 1.807) is 30.3 Å². The number of allylic oxidation sites excluding steroid dienone is 1. The van der Waals surface area contributed by atoms with Gasteiger partial charge in [-0.05, 0) is 55.0 Å². The van der Waals surface area contributed by atoms with Crippen LogP contribution in [-0.4, -0.2) is 27.7 Å². The second-order valence-corrected chi connectivity index (χ2v) is 10.0. The van der Waals surface area contributed by atoms with Crippen molar-refractivity contribution < 1.29 is 8.42 Å². The molecule has 0 atom stereocenters. The zero-order chi connectivity index (χ0) is 23.8.